The highest BCUT2D eigenvalue weighted by atomic mass is 16.3. The summed E-state index contributed by atoms with van der Waals surface area (Å²) in [6, 6.07) is 0. The monoisotopic (exact) mass is 265 g/mol. The number of nitrogens with zero attached hydrogens (tertiary/aromatic N) is 3. The quantitative estimate of drug-likeness (QED) is 0.890. The SMILES string of the molecule is CCCn1ncnc1CC1(O)CCCC(C(C)C)C1. The van der Waals surface area contributed by atoms with Gasteiger partial charge in [-0.15, -0.1) is 0 Å². The summed E-state index contributed by atoms with van der Waals surface area (Å²) in [5.41, 5.74) is -0.578. The highest BCUT2D eigenvalue weighted by Gasteiger charge is 2.36. The van der Waals surface area contributed by atoms with E-state index >= 15 is 0 Å². The first kappa shape index (κ1) is 14.5. The van der Waals surface area contributed by atoms with Gasteiger partial charge in [0.05, 0.1) is 5.60 Å². The van der Waals surface area contributed by atoms with Crippen molar-refractivity contribution >= 4 is 0 Å². The molecule has 0 aromatic carbocycles. The van der Waals surface area contributed by atoms with Gasteiger partial charge in [0, 0.05) is 13.0 Å². The first-order valence-corrected chi connectivity index (χ1v) is 7.63. The van der Waals surface area contributed by atoms with Gasteiger partial charge in [-0.2, -0.15) is 5.10 Å². The van der Waals surface area contributed by atoms with Crippen LogP contribution in [-0.4, -0.2) is 25.5 Å². The van der Waals surface area contributed by atoms with E-state index in [1.54, 1.807) is 6.33 Å². The van der Waals surface area contributed by atoms with Crippen LogP contribution in [0.5, 0.6) is 0 Å². The van der Waals surface area contributed by atoms with E-state index in [9.17, 15) is 5.11 Å². The van der Waals surface area contributed by atoms with Gasteiger partial charge >= 0.3 is 0 Å². The maximum Gasteiger partial charge on any atom is 0.138 e. The van der Waals surface area contributed by atoms with Gasteiger partial charge in [-0.3, -0.25) is 4.68 Å². The molecule has 19 heavy (non-hydrogen) atoms. The summed E-state index contributed by atoms with van der Waals surface area (Å²) in [5.74, 6) is 2.23. The molecule has 108 valence electrons. The Balaban J connectivity index is 2.05. The van der Waals surface area contributed by atoms with E-state index in [0.717, 1.165) is 38.1 Å². The van der Waals surface area contributed by atoms with E-state index in [0.29, 0.717) is 18.3 Å². The smallest absolute Gasteiger partial charge is 0.138 e. The molecule has 0 spiro atoms. The zero-order valence-corrected chi connectivity index (χ0v) is 12.5. The zero-order chi connectivity index (χ0) is 13.9. The van der Waals surface area contributed by atoms with E-state index in [-0.39, 0.29) is 0 Å². The molecular weight excluding hydrogens is 238 g/mol. The van der Waals surface area contributed by atoms with Crippen LogP contribution in [0.2, 0.25) is 0 Å². The average molecular weight is 265 g/mol. The summed E-state index contributed by atoms with van der Waals surface area (Å²) in [7, 11) is 0. The minimum Gasteiger partial charge on any atom is -0.389 e. The van der Waals surface area contributed by atoms with E-state index in [2.05, 4.69) is 30.9 Å². The predicted molar refractivity (Wildman–Crippen MR) is 75.8 cm³/mol. The largest absolute Gasteiger partial charge is 0.389 e. The fourth-order valence-electron chi connectivity index (χ4n) is 3.23. The van der Waals surface area contributed by atoms with Gasteiger partial charge < -0.3 is 5.11 Å². The maximum atomic E-state index is 10.9. The summed E-state index contributed by atoms with van der Waals surface area (Å²) in [5, 5.41) is 15.1. The van der Waals surface area contributed by atoms with Crippen molar-refractivity contribution in [3.05, 3.63) is 12.2 Å². The fourth-order valence-corrected chi connectivity index (χ4v) is 3.23. The van der Waals surface area contributed by atoms with E-state index < -0.39 is 5.60 Å². The van der Waals surface area contributed by atoms with Crippen molar-refractivity contribution in [2.75, 3.05) is 0 Å². The molecule has 2 rings (SSSR count). The lowest BCUT2D eigenvalue weighted by atomic mass is 9.72. The molecule has 1 aromatic rings. The van der Waals surface area contributed by atoms with Crippen LogP contribution in [0.3, 0.4) is 0 Å². The molecule has 1 N–H and O–H groups in total. The van der Waals surface area contributed by atoms with Crippen LogP contribution in [0, 0.1) is 11.8 Å². The Kier molecular flexibility index (Phi) is 4.61. The molecule has 4 nitrogen and oxygen atoms in total. The zero-order valence-electron chi connectivity index (χ0n) is 12.5. The Bertz CT molecular complexity index is 402. The molecule has 1 aromatic heterocycles. The lowest BCUT2D eigenvalue weighted by molar-refractivity contribution is -0.0261. The van der Waals surface area contributed by atoms with E-state index in [1.165, 1.54) is 6.42 Å². The van der Waals surface area contributed by atoms with Gasteiger partial charge in [0.25, 0.3) is 0 Å². The molecule has 1 heterocycles. The van der Waals surface area contributed by atoms with Crippen molar-refractivity contribution in [2.45, 2.75) is 71.4 Å². The van der Waals surface area contributed by atoms with Crippen LogP contribution in [-0.2, 0) is 13.0 Å². The summed E-state index contributed by atoms with van der Waals surface area (Å²) in [6.07, 6.45) is 7.48. The Hall–Kier alpha value is -0.900. The molecule has 4 heteroatoms. The third-order valence-electron chi connectivity index (χ3n) is 4.42. The summed E-state index contributed by atoms with van der Waals surface area (Å²) < 4.78 is 1.94. The minimum atomic E-state index is -0.578. The Morgan fingerprint density at radius 3 is 3.00 bits per heavy atom. The van der Waals surface area contributed by atoms with Crippen molar-refractivity contribution in [3.63, 3.8) is 0 Å². The van der Waals surface area contributed by atoms with Crippen LogP contribution in [0.1, 0.15) is 58.7 Å². The van der Waals surface area contributed by atoms with Crippen molar-refractivity contribution in [3.8, 4) is 0 Å². The first-order chi connectivity index (χ1) is 9.04. The highest BCUT2D eigenvalue weighted by molar-refractivity contribution is 4.98. The predicted octanol–water partition coefficient (Wildman–Crippen LogP) is 2.81. The van der Waals surface area contributed by atoms with Crippen LogP contribution in [0.4, 0.5) is 0 Å². The van der Waals surface area contributed by atoms with Gasteiger partial charge in [0.15, 0.2) is 0 Å². The van der Waals surface area contributed by atoms with Gasteiger partial charge in [0.1, 0.15) is 12.2 Å². The average Bonchev–Trinajstić information content (AvgIpc) is 2.76. The number of hydrogen-bond donors (Lipinski definition) is 1. The molecule has 0 amide bonds. The molecule has 1 fully saturated rings. The highest BCUT2D eigenvalue weighted by Crippen LogP contribution is 2.37. The Labute approximate surface area is 116 Å². The lowest BCUT2D eigenvalue weighted by Gasteiger charge is -2.38. The molecule has 0 saturated heterocycles. The van der Waals surface area contributed by atoms with Crippen molar-refractivity contribution < 1.29 is 5.11 Å². The number of hydrogen-bond acceptors (Lipinski definition) is 3. The van der Waals surface area contributed by atoms with Gasteiger partial charge in [-0.05, 0) is 37.5 Å². The molecule has 0 radical (unpaired) electrons. The van der Waals surface area contributed by atoms with Crippen molar-refractivity contribution in [2.24, 2.45) is 11.8 Å². The van der Waals surface area contributed by atoms with E-state index in [1.807, 2.05) is 4.68 Å². The third-order valence-corrected chi connectivity index (χ3v) is 4.42. The topological polar surface area (TPSA) is 50.9 Å². The summed E-state index contributed by atoms with van der Waals surface area (Å²) in [6.45, 7) is 7.54. The van der Waals surface area contributed by atoms with Crippen LogP contribution >= 0.6 is 0 Å². The number of aromatic nitrogens is 3. The van der Waals surface area contributed by atoms with E-state index in [4.69, 9.17) is 0 Å². The second-order valence-electron chi connectivity index (χ2n) is 6.40. The third kappa shape index (κ3) is 3.56. The normalized spacial score (nSPS) is 27.9. The fraction of sp³-hybridized carbons (Fsp3) is 0.867. The number of rotatable bonds is 5. The van der Waals surface area contributed by atoms with Gasteiger partial charge in [-0.1, -0.05) is 27.2 Å². The first-order valence-electron chi connectivity index (χ1n) is 7.63. The number of aryl methyl sites for hydroxylation is 1. The molecule has 1 aliphatic rings. The van der Waals surface area contributed by atoms with Crippen LogP contribution in [0.15, 0.2) is 6.33 Å². The molecule has 1 saturated carbocycles. The van der Waals surface area contributed by atoms with Crippen LogP contribution < -0.4 is 0 Å². The Morgan fingerprint density at radius 1 is 1.53 bits per heavy atom. The second-order valence-corrected chi connectivity index (χ2v) is 6.40. The second kappa shape index (κ2) is 6.04. The molecule has 0 aliphatic heterocycles. The molecule has 0 bridgehead atoms. The van der Waals surface area contributed by atoms with Gasteiger partial charge in [0.2, 0.25) is 0 Å². The minimum absolute atomic E-state index is 0.578. The summed E-state index contributed by atoms with van der Waals surface area (Å²) in [4.78, 5) is 4.34. The summed E-state index contributed by atoms with van der Waals surface area (Å²) >= 11 is 0. The molecule has 1 aliphatic carbocycles. The van der Waals surface area contributed by atoms with Crippen molar-refractivity contribution in [1.82, 2.24) is 14.8 Å². The Morgan fingerprint density at radius 2 is 2.32 bits per heavy atom. The lowest BCUT2D eigenvalue weighted by Crippen LogP contribution is -2.39. The molecule has 2 atom stereocenters. The number of aliphatic hydroxyl groups is 1. The van der Waals surface area contributed by atoms with Crippen LogP contribution in [0.25, 0.3) is 0 Å². The molecule has 2 unspecified atom stereocenters. The maximum absolute atomic E-state index is 10.9. The standard InChI is InChI=1S/C15H27N3O/c1-4-8-18-14(16-11-17-18)10-15(19)7-5-6-13(9-15)12(2)3/h11-13,19H,4-10H2,1-3H3. The van der Waals surface area contributed by atoms with Gasteiger partial charge in [-0.25, -0.2) is 4.98 Å². The molecular formula is C15H27N3O. The van der Waals surface area contributed by atoms with Crippen molar-refractivity contribution in [1.29, 1.82) is 0 Å².